The molecule has 0 saturated heterocycles. The molecule has 1 heterocycles. The standard InChI is InChI=1S/C19H12BrNO3/c1-2-10-23-17-9-8-15(20)11-14(17)12-16-19(22)24-18(21-16)13-6-4-3-5-7-13/h1,3-9,11-12H,10H2/b16-12+. The number of carbonyl (C=O) groups excluding carboxylic acids is 1. The third-order valence-electron chi connectivity index (χ3n) is 3.22. The largest absolute Gasteiger partial charge is 0.480 e. The Hall–Kier alpha value is -2.84. The minimum Gasteiger partial charge on any atom is -0.480 e. The number of ether oxygens (including phenoxy) is 2. The summed E-state index contributed by atoms with van der Waals surface area (Å²) in [7, 11) is 0. The highest BCUT2D eigenvalue weighted by Gasteiger charge is 2.24. The van der Waals surface area contributed by atoms with E-state index in [1.54, 1.807) is 12.1 Å². The number of rotatable bonds is 4. The molecule has 0 aliphatic carbocycles. The number of halogens is 1. The molecule has 0 bridgehead atoms. The zero-order valence-electron chi connectivity index (χ0n) is 12.5. The Kier molecular flexibility index (Phi) is 4.78. The van der Waals surface area contributed by atoms with Crippen molar-refractivity contribution in [3.8, 4) is 18.1 Å². The van der Waals surface area contributed by atoms with E-state index in [1.807, 2.05) is 42.5 Å². The van der Waals surface area contributed by atoms with Crippen molar-refractivity contribution < 1.29 is 14.3 Å². The van der Waals surface area contributed by atoms with E-state index < -0.39 is 5.97 Å². The Morgan fingerprint density at radius 2 is 2.04 bits per heavy atom. The molecular weight excluding hydrogens is 370 g/mol. The first-order valence-corrected chi connectivity index (χ1v) is 7.90. The van der Waals surface area contributed by atoms with Crippen molar-refractivity contribution in [2.24, 2.45) is 4.99 Å². The van der Waals surface area contributed by atoms with Gasteiger partial charge in [0.15, 0.2) is 5.70 Å². The van der Waals surface area contributed by atoms with Crippen molar-refractivity contribution in [1.29, 1.82) is 0 Å². The normalized spacial score (nSPS) is 14.9. The zero-order chi connectivity index (χ0) is 16.9. The van der Waals surface area contributed by atoms with E-state index >= 15 is 0 Å². The maximum atomic E-state index is 12.1. The van der Waals surface area contributed by atoms with Gasteiger partial charge >= 0.3 is 5.97 Å². The summed E-state index contributed by atoms with van der Waals surface area (Å²) in [6.07, 6.45) is 6.85. The molecule has 0 N–H and O–H groups in total. The summed E-state index contributed by atoms with van der Waals surface area (Å²) >= 11 is 3.40. The zero-order valence-corrected chi connectivity index (χ0v) is 14.1. The molecule has 5 heteroatoms. The highest BCUT2D eigenvalue weighted by atomic mass is 79.9. The number of benzene rings is 2. The molecule has 0 radical (unpaired) electrons. The second kappa shape index (κ2) is 7.16. The highest BCUT2D eigenvalue weighted by molar-refractivity contribution is 9.10. The number of terminal acetylenes is 1. The Morgan fingerprint density at radius 1 is 1.25 bits per heavy atom. The summed E-state index contributed by atoms with van der Waals surface area (Å²) in [5.74, 6) is 2.77. The molecule has 0 atom stereocenters. The average Bonchev–Trinajstić information content (AvgIpc) is 2.96. The van der Waals surface area contributed by atoms with Gasteiger partial charge in [-0.2, -0.15) is 0 Å². The lowest BCUT2D eigenvalue weighted by Crippen LogP contribution is -2.05. The van der Waals surface area contributed by atoms with Crippen molar-refractivity contribution in [3.63, 3.8) is 0 Å². The van der Waals surface area contributed by atoms with E-state index in [4.69, 9.17) is 15.9 Å². The smallest absolute Gasteiger partial charge is 0.363 e. The van der Waals surface area contributed by atoms with E-state index in [0.29, 0.717) is 11.3 Å². The number of nitrogens with zero attached hydrogens (tertiary/aromatic N) is 1. The summed E-state index contributed by atoms with van der Waals surface area (Å²) in [6.45, 7) is 0.140. The van der Waals surface area contributed by atoms with Crippen LogP contribution in [0.1, 0.15) is 11.1 Å². The molecule has 118 valence electrons. The minimum atomic E-state index is -0.503. The predicted molar refractivity (Wildman–Crippen MR) is 95.5 cm³/mol. The van der Waals surface area contributed by atoms with Crippen LogP contribution in [0, 0.1) is 12.3 Å². The van der Waals surface area contributed by atoms with Crippen LogP contribution in [0.2, 0.25) is 0 Å². The monoisotopic (exact) mass is 381 g/mol. The molecule has 0 fully saturated rings. The van der Waals surface area contributed by atoms with Gasteiger partial charge in [0.05, 0.1) is 0 Å². The van der Waals surface area contributed by atoms with Crippen LogP contribution in [0.5, 0.6) is 5.75 Å². The van der Waals surface area contributed by atoms with E-state index in [-0.39, 0.29) is 18.2 Å². The van der Waals surface area contributed by atoms with Crippen molar-refractivity contribution in [1.82, 2.24) is 0 Å². The Bertz CT molecular complexity index is 879. The van der Waals surface area contributed by atoms with Crippen LogP contribution in [0.4, 0.5) is 0 Å². The van der Waals surface area contributed by atoms with Crippen LogP contribution in [0.25, 0.3) is 6.08 Å². The van der Waals surface area contributed by atoms with E-state index in [9.17, 15) is 4.79 Å². The second-order valence-electron chi connectivity index (χ2n) is 4.88. The molecule has 1 aliphatic heterocycles. The van der Waals surface area contributed by atoms with Crippen molar-refractivity contribution in [3.05, 3.63) is 69.8 Å². The van der Waals surface area contributed by atoms with Gasteiger partial charge in [-0.25, -0.2) is 9.79 Å². The molecule has 0 spiro atoms. The fourth-order valence-corrected chi connectivity index (χ4v) is 2.52. The second-order valence-corrected chi connectivity index (χ2v) is 5.79. The van der Waals surface area contributed by atoms with Gasteiger partial charge in [-0.05, 0) is 36.4 Å². The van der Waals surface area contributed by atoms with Gasteiger partial charge in [-0.3, -0.25) is 0 Å². The number of aliphatic imine (C=N–C) groups is 1. The van der Waals surface area contributed by atoms with Crippen LogP contribution in [0.15, 0.2) is 63.7 Å². The first kappa shape index (κ1) is 16.0. The molecule has 0 aromatic heterocycles. The SMILES string of the molecule is C#CCOc1ccc(Br)cc1/C=C1/N=C(c2ccccc2)OC1=O. The Labute approximate surface area is 147 Å². The molecule has 4 nitrogen and oxygen atoms in total. The molecule has 24 heavy (non-hydrogen) atoms. The molecule has 0 saturated carbocycles. The summed E-state index contributed by atoms with van der Waals surface area (Å²) in [5.41, 5.74) is 1.63. The van der Waals surface area contributed by atoms with E-state index in [2.05, 4.69) is 26.8 Å². The van der Waals surface area contributed by atoms with Gasteiger partial charge in [0, 0.05) is 15.6 Å². The van der Waals surface area contributed by atoms with Gasteiger partial charge < -0.3 is 9.47 Å². The van der Waals surface area contributed by atoms with E-state index in [0.717, 1.165) is 10.0 Å². The number of carbonyl (C=O) groups is 1. The lowest BCUT2D eigenvalue weighted by molar-refractivity contribution is -0.129. The molecule has 0 unspecified atom stereocenters. The summed E-state index contributed by atoms with van der Waals surface area (Å²) in [4.78, 5) is 16.4. The maximum absolute atomic E-state index is 12.1. The fraction of sp³-hybridized carbons (Fsp3) is 0.0526. The maximum Gasteiger partial charge on any atom is 0.363 e. The van der Waals surface area contributed by atoms with Gasteiger partial charge in [-0.1, -0.05) is 40.0 Å². The number of cyclic esters (lactones) is 1. The summed E-state index contributed by atoms with van der Waals surface area (Å²) < 4.78 is 11.6. The lowest BCUT2D eigenvalue weighted by atomic mass is 10.1. The van der Waals surface area contributed by atoms with E-state index in [1.165, 1.54) is 0 Å². The predicted octanol–water partition coefficient (Wildman–Crippen LogP) is 3.81. The van der Waals surface area contributed by atoms with Gasteiger partial charge in [0.2, 0.25) is 5.90 Å². The first-order chi connectivity index (χ1) is 11.7. The number of esters is 1. The lowest BCUT2D eigenvalue weighted by Gasteiger charge is -2.07. The van der Waals surface area contributed by atoms with Crippen LogP contribution in [-0.2, 0) is 9.53 Å². The van der Waals surface area contributed by atoms with Gasteiger partial charge in [0.1, 0.15) is 12.4 Å². The summed E-state index contributed by atoms with van der Waals surface area (Å²) in [5, 5.41) is 0. The third kappa shape index (κ3) is 3.55. The van der Waals surface area contributed by atoms with Crippen molar-refractivity contribution in [2.75, 3.05) is 6.61 Å². The first-order valence-electron chi connectivity index (χ1n) is 7.11. The number of hydrogen-bond donors (Lipinski definition) is 0. The fourth-order valence-electron chi connectivity index (χ4n) is 2.14. The van der Waals surface area contributed by atoms with Crippen molar-refractivity contribution in [2.45, 2.75) is 0 Å². The van der Waals surface area contributed by atoms with Crippen LogP contribution < -0.4 is 4.74 Å². The molecule has 3 rings (SSSR count). The third-order valence-corrected chi connectivity index (χ3v) is 3.71. The van der Waals surface area contributed by atoms with Gasteiger partial charge in [0.25, 0.3) is 0 Å². The topological polar surface area (TPSA) is 47.9 Å². The Balaban J connectivity index is 1.96. The van der Waals surface area contributed by atoms with Crippen LogP contribution in [-0.4, -0.2) is 18.5 Å². The van der Waals surface area contributed by atoms with Crippen LogP contribution in [0.3, 0.4) is 0 Å². The Morgan fingerprint density at radius 3 is 2.79 bits per heavy atom. The summed E-state index contributed by atoms with van der Waals surface area (Å²) in [6, 6.07) is 14.7. The number of hydrogen-bond acceptors (Lipinski definition) is 4. The average molecular weight is 382 g/mol. The minimum absolute atomic E-state index is 0.140. The quantitative estimate of drug-likeness (QED) is 0.459. The molecule has 2 aromatic carbocycles. The van der Waals surface area contributed by atoms with Crippen LogP contribution >= 0.6 is 15.9 Å². The van der Waals surface area contributed by atoms with Crippen molar-refractivity contribution >= 4 is 33.9 Å². The molecule has 2 aromatic rings. The van der Waals surface area contributed by atoms with Gasteiger partial charge in [-0.15, -0.1) is 6.42 Å². The molecular formula is C19H12BrNO3. The highest BCUT2D eigenvalue weighted by Crippen LogP contribution is 2.27. The molecule has 1 aliphatic rings. The molecule has 0 amide bonds.